The maximum atomic E-state index is 13.6. The van der Waals surface area contributed by atoms with Gasteiger partial charge in [-0.2, -0.15) is 0 Å². The molecule has 0 N–H and O–H groups in total. The van der Waals surface area contributed by atoms with E-state index >= 15 is 0 Å². The molecule has 2 amide bonds. The number of carbonyl (C=O) groups is 2. The summed E-state index contributed by atoms with van der Waals surface area (Å²) in [6.45, 7) is 3.54. The summed E-state index contributed by atoms with van der Waals surface area (Å²) >= 11 is 1.77. The molecule has 1 aliphatic carbocycles. The van der Waals surface area contributed by atoms with E-state index < -0.39 is 0 Å². The number of carbonyl (C=O) groups excluding carboxylic acids is 2. The molecule has 5 heteroatoms. The van der Waals surface area contributed by atoms with Crippen molar-refractivity contribution in [1.82, 2.24) is 9.80 Å². The number of hydrogen-bond donors (Lipinski definition) is 0. The highest BCUT2D eigenvalue weighted by atomic mass is 32.1. The Labute approximate surface area is 199 Å². The van der Waals surface area contributed by atoms with Crippen molar-refractivity contribution in [3.05, 3.63) is 93.7 Å². The third kappa shape index (κ3) is 4.47. The largest absolute Gasteiger partial charge is 0.333 e. The Morgan fingerprint density at radius 1 is 1.00 bits per heavy atom. The fourth-order valence-electron chi connectivity index (χ4n) is 5.14. The molecule has 1 fully saturated rings. The third-order valence-electron chi connectivity index (χ3n) is 6.87. The standard InChI is InChI=1S/C28H30N2O2S/c1-2-15-29(28(32)24-18-23(24)20-9-5-3-6-10-20)19-26(31)30-16-13-25-22(14-17-33-25)27(30)21-11-7-4-8-12-21/h3-12,14,17,23-24,27H,2,13,15-16,18-19H2,1H3. The molecular formula is C28H30N2O2S. The Kier molecular flexibility index (Phi) is 6.32. The Morgan fingerprint density at radius 3 is 2.39 bits per heavy atom. The summed E-state index contributed by atoms with van der Waals surface area (Å²) in [5.41, 5.74) is 3.58. The number of benzene rings is 2. The summed E-state index contributed by atoms with van der Waals surface area (Å²) in [4.78, 5) is 32.2. The average Bonchev–Trinajstić information content (AvgIpc) is 3.52. The van der Waals surface area contributed by atoms with Crippen molar-refractivity contribution in [3.8, 4) is 0 Å². The smallest absolute Gasteiger partial charge is 0.242 e. The van der Waals surface area contributed by atoms with Gasteiger partial charge in [0.05, 0.1) is 12.6 Å². The first-order valence-electron chi connectivity index (χ1n) is 11.9. The first-order valence-corrected chi connectivity index (χ1v) is 12.8. The van der Waals surface area contributed by atoms with Crippen molar-refractivity contribution in [2.24, 2.45) is 5.92 Å². The van der Waals surface area contributed by atoms with Gasteiger partial charge in [-0.1, -0.05) is 67.6 Å². The number of amides is 2. The molecule has 4 nitrogen and oxygen atoms in total. The van der Waals surface area contributed by atoms with Crippen LogP contribution >= 0.6 is 11.3 Å². The van der Waals surface area contributed by atoms with Gasteiger partial charge in [-0.15, -0.1) is 11.3 Å². The van der Waals surface area contributed by atoms with Crippen LogP contribution in [0.1, 0.15) is 53.3 Å². The molecular weight excluding hydrogens is 428 g/mol. The van der Waals surface area contributed by atoms with Gasteiger partial charge >= 0.3 is 0 Å². The van der Waals surface area contributed by atoms with E-state index in [1.54, 1.807) is 16.2 Å². The number of nitrogens with zero attached hydrogens (tertiary/aromatic N) is 2. The van der Waals surface area contributed by atoms with Crippen molar-refractivity contribution in [1.29, 1.82) is 0 Å². The summed E-state index contributed by atoms with van der Waals surface area (Å²) < 4.78 is 0. The van der Waals surface area contributed by atoms with Crippen LogP contribution in [-0.4, -0.2) is 41.2 Å². The van der Waals surface area contributed by atoms with E-state index in [-0.39, 0.29) is 36.2 Å². The minimum Gasteiger partial charge on any atom is -0.333 e. The van der Waals surface area contributed by atoms with Gasteiger partial charge < -0.3 is 9.80 Å². The fourth-order valence-corrected chi connectivity index (χ4v) is 6.05. The van der Waals surface area contributed by atoms with Gasteiger partial charge in [-0.25, -0.2) is 0 Å². The van der Waals surface area contributed by atoms with Crippen LogP contribution in [0, 0.1) is 5.92 Å². The van der Waals surface area contributed by atoms with Crippen LogP contribution in [0.4, 0.5) is 0 Å². The molecule has 3 atom stereocenters. The quantitative estimate of drug-likeness (QED) is 0.484. The van der Waals surface area contributed by atoms with Crippen LogP contribution in [0.15, 0.2) is 72.1 Å². The molecule has 1 saturated carbocycles. The first kappa shape index (κ1) is 21.9. The molecule has 2 aromatic carbocycles. The molecule has 170 valence electrons. The van der Waals surface area contributed by atoms with Crippen LogP contribution in [0.25, 0.3) is 0 Å². The normalized spacial score (nSPS) is 21.4. The number of hydrogen-bond acceptors (Lipinski definition) is 3. The molecule has 2 aliphatic rings. The van der Waals surface area contributed by atoms with E-state index in [0.717, 1.165) is 24.8 Å². The molecule has 0 radical (unpaired) electrons. The summed E-state index contributed by atoms with van der Waals surface area (Å²) in [6.07, 6.45) is 2.60. The van der Waals surface area contributed by atoms with Gasteiger partial charge in [0.2, 0.25) is 11.8 Å². The molecule has 0 spiro atoms. The Hall–Kier alpha value is -2.92. The van der Waals surface area contributed by atoms with Gasteiger partial charge in [0.15, 0.2) is 0 Å². The summed E-state index contributed by atoms with van der Waals surface area (Å²) in [7, 11) is 0. The van der Waals surface area contributed by atoms with E-state index in [4.69, 9.17) is 0 Å². The predicted molar refractivity (Wildman–Crippen MR) is 132 cm³/mol. The molecule has 0 saturated heterocycles. The second-order valence-electron chi connectivity index (χ2n) is 9.07. The highest BCUT2D eigenvalue weighted by Gasteiger charge is 2.46. The molecule has 3 aromatic rings. The molecule has 5 rings (SSSR count). The van der Waals surface area contributed by atoms with E-state index in [0.29, 0.717) is 13.1 Å². The fraction of sp³-hybridized carbons (Fsp3) is 0.357. The van der Waals surface area contributed by atoms with Crippen molar-refractivity contribution in [2.45, 2.75) is 38.1 Å². The van der Waals surface area contributed by atoms with Gasteiger partial charge in [0.25, 0.3) is 0 Å². The zero-order valence-corrected chi connectivity index (χ0v) is 19.8. The lowest BCUT2D eigenvalue weighted by atomic mass is 9.93. The minimum atomic E-state index is -0.0785. The van der Waals surface area contributed by atoms with Gasteiger partial charge in [-0.3, -0.25) is 9.59 Å². The Balaban J connectivity index is 1.34. The summed E-state index contributed by atoms with van der Waals surface area (Å²) in [5.74, 6) is 0.457. The van der Waals surface area contributed by atoms with Crippen LogP contribution in [-0.2, 0) is 16.0 Å². The number of thiophene rings is 1. The van der Waals surface area contributed by atoms with Gasteiger partial charge in [0.1, 0.15) is 0 Å². The Morgan fingerprint density at radius 2 is 1.70 bits per heavy atom. The second kappa shape index (κ2) is 9.52. The average molecular weight is 459 g/mol. The first-order chi connectivity index (χ1) is 16.2. The Bertz CT molecular complexity index is 1110. The van der Waals surface area contributed by atoms with Gasteiger partial charge in [0, 0.05) is 23.9 Å². The van der Waals surface area contributed by atoms with E-state index in [1.807, 2.05) is 41.3 Å². The third-order valence-corrected chi connectivity index (χ3v) is 7.86. The van der Waals surface area contributed by atoms with E-state index in [9.17, 15) is 9.59 Å². The number of rotatable bonds is 7. The lowest BCUT2D eigenvalue weighted by Gasteiger charge is -2.37. The molecule has 1 aromatic heterocycles. The van der Waals surface area contributed by atoms with Crippen LogP contribution in [0.2, 0.25) is 0 Å². The monoisotopic (exact) mass is 458 g/mol. The van der Waals surface area contributed by atoms with Crippen molar-refractivity contribution in [3.63, 3.8) is 0 Å². The van der Waals surface area contributed by atoms with Crippen molar-refractivity contribution < 1.29 is 9.59 Å². The lowest BCUT2D eigenvalue weighted by Crippen LogP contribution is -2.47. The summed E-state index contributed by atoms with van der Waals surface area (Å²) in [6, 6.07) is 22.6. The summed E-state index contributed by atoms with van der Waals surface area (Å²) in [5, 5.41) is 2.12. The van der Waals surface area contributed by atoms with Crippen LogP contribution < -0.4 is 0 Å². The van der Waals surface area contributed by atoms with Crippen LogP contribution in [0.5, 0.6) is 0 Å². The molecule has 2 heterocycles. The molecule has 0 bridgehead atoms. The van der Waals surface area contributed by atoms with E-state index in [2.05, 4.69) is 42.6 Å². The molecule has 3 unspecified atom stereocenters. The predicted octanol–water partition coefficient (Wildman–Crippen LogP) is 5.26. The highest BCUT2D eigenvalue weighted by molar-refractivity contribution is 7.10. The zero-order chi connectivity index (χ0) is 22.8. The minimum absolute atomic E-state index is 0.00139. The zero-order valence-electron chi connectivity index (χ0n) is 19.0. The molecule has 1 aliphatic heterocycles. The maximum absolute atomic E-state index is 13.6. The van der Waals surface area contributed by atoms with Gasteiger partial charge in [-0.05, 0) is 53.3 Å². The van der Waals surface area contributed by atoms with Crippen molar-refractivity contribution in [2.75, 3.05) is 19.6 Å². The SMILES string of the molecule is CCCN(CC(=O)N1CCc2sccc2C1c1ccccc1)C(=O)C1CC1c1ccccc1. The van der Waals surface area contributed by atoms with E-state index in [1.165, 1.54) is 16.0 Å². The topological polar surface area (TPSA) is 40.6 Å². The second-order valence-corrected chi connectivity index (χ2v) is 10.1. The van der Waals surface area contributed by atoms with Crippen LogP contribution in [0.3, 0.4) is 0 Å². The van der Waals surface area contributed by atoms with Crippen molar-refractivity contribution >= 4 is 23.2 Å². The molecule has 33 heavy (non-hydrogen) atoms. The highest BCUT2D eigenvalue weighted by Crippen LogP contribution is 2.48. The number of fused-ring (bicyclic) bond motifs is 1. The maximum Gasteiger partial charge on any atom is 0.242 e. The lowest BCUT2D eigenvalue weighted by molar-refractivity contribution is -0.142.